The van der Waals surface area contributed by atoms with Crippen LogP contribution >= 0.6 is 0 Å². The largest absolute Gasteiger partial charge is 0.393 e. The molecule has 17 heteroatoms. The van der Waals surface area contributed by atoms with E-state index in [1.54, 1.807) is 12.3 Å². The average molecular weight is 679 g/mol. The third-order valence-electron chi connectivity index (χ3n) is 10.7. The minimum atomic E-state index is -4.44. The van der Waals surface area contributed by atoms with Gasteiger partial charge in [0.05, 0.1) is 23.9 Å². The fourth-order valence-corrected chi connectivity index (χ4v) is 7.75. The zero-order valence-corrected chi connectivity index (χ0v) is 26.8. The fraction of sp³-hybridized carbons (Fsp3) is 0.677. The molecule has 3 aromatic heterocycles. The molecule has 8 rings (SSSR count). The molecule has 12 nitrogen and oxygen atoms in total. The number of alkyl halides is 5. The van der Waals surface area contributed by atoms with Gasteiger partial charge < -0.3 is 15.5 Å². The number of aromatic nitrogens is 6. The van der Waals surface area contributed by atoms with E-state index in [4.69, 9.17) is 15.1 Å². The van der Waals surface area contributed by atoms with Crippen LogP contribution in [0.3, 0.4) is 0 Å². The molecular formula is C31H39F5N10O2. The summed E-state index contributed by atoms with van der Waals surface area (Å²) in [5.74, 6) is -5.95. The highest BCUT2D eigenvalue weighted by atomic mass is 19.4. The van der Waals surface area contributed by atoms with Gasteiger partial charge in [-0.15, -0.1) is 0 Å². The molecule has 0 aromatic carbocycles. The summed E-state index contributed by atoms with van der Waals surface area (Å²) in [4.78, 5) is 40.2. The van der Waals surface area contributed by atoms with E-state index in [2.05, 4.69) is 32.6 Å². The molecule has 1 aliphatic carbocycles. The summed E-state index contributed by atoms with van der Waals surface area (Å²) in [7, 11) is 2.06. The summed E-state index contributed by atoms with van der Waals surface area (Å²) in [6, 6.07) is 1.43. The molecule has 0 radical (unpaired) electrons. The van der Waals surface area contributed by atoms with Crippen LogP contribution in [0.25, 0.3) is 5.78 Å². The van der Waals surface area contributed by atoms with Gasteiger partial charge in [0.15, 0.2) is 5.82 Å². The second-order valence-electron chi connectivity index (χ2n) is 13.7. The number of piperidine rings is 2. The molecule has 5 fully saturated rings. The van der Waals surface area contributed by atoms with Gasteiger partial charge in [-0.05, 0) is 51.6 Å². The highest BCUT2D eigenvalue weighted by molar-refractivity contribution is 5.92. The summed E-state index contributed by atoms with van der Waals surface area (Å²) in [5, 5.41) is 14.4. The number of fused-ring (bicyclic) bond motifs is 3. The number of hydrogen-bond acceptors (Lipinski definition) is 8. The maximum atomic E-state index is 14.2. The van der Waals surface area contributed by atoms with Crippen LogP contribution in [0.15, 0.2) is 18.5 Å². The van der Waals surface area contributed by atoms with E-state index in [1.165, 1.54) is 15.4 Å². The van der Waals surface area contributed by atoms with E-state index in [0.717, 1.165) is 6.42 Å². The number of carbonyl (C=O) groups is 2. The number of likely N-dealkylation sites (N-methyl/N-ethyl adjacent to an activating group) is 1. The van der Waals surface area contributed by atoms with Crippen LogP contribution in [0, 0.1) is 17.8 Å². The topological polar surface area (TPSA) is 126 Å². The zero-order valence-electron chi connectivity index (χ0n) is 26.8. The van der Waals surface area contributed by atoms with E-state index >= 15 is 0 Å². The van der Waals surface area contributed by atoms with Gasteiger partial charge in [-0.1, -0.05) is 0 Å². The minimum absolute atomic E-state index is 0.0508. The molecule has 4 aliphatic heterocycles. The Labute approximate surface area is 273 Å². The first-order valence-corrected chi connectivity index (χ1v) is 16.6. The van der Waals surface area contributed by atoms with Crippen molar-refractivity contribution >= 4 is 23.4 Å². The normalized spacial score (nSPS) is 27.1. The summed E-state index contributed by atoms with van der Waals surface area (Å²) in [5.41, 5.74) is 1.09. The van der Waals surface area contributed by atoms with Gasteiger partial charge in [-0.3, -0.25) is 19.2 Å². The van der Waals surface area contributed by atoms with Gasteiger partial charge in [0.2, 0.25) is 11.8 Å². The van der Waals surface area contributed by atoms with Crippen LogP contribution in [0.4, 0.5) is 27.8 Å². The summed E-state index contributed by atoms with van der Waals surface area (Å²) in [6.07, 6.45) is -1.02. The molecule has 1 saturated carbocycles. The highest BCUT2D eigenvalue weighted by Gasteiger charge is 2.46. The van der Waals surface area contributed by atoms with Crippen molar-refractivity contribution in [2.75, 3.05) is 31.6 Å². The number of imidazole rings is 1. The van der Waals surface area contributed by atoms with Crippen molar-refractivity contribution in [2.45, 2.75) is 88.6 Å². The second-order valence-corrected chi connectivity index (χ2v) is 13.7. The van der Waals surface area contributed by atoms with Gasteiger partial charge in [0, 0.05) is 69.6 Å². The van der Waals surface area contributed by atoms with E-state index in [1.807, 2.05) is 6.92 Å². The van der Waals surface area contributed by atoms with Crippen LogP contribution in [0.5, 0.6) is 0 Å². The van der Waals surface area contributed by atoms with Crippen LogP contribution in [-0.4, -0.2) is 96.9 Å². The lowest BCUT2D eigenvalue weighted by molar-refractivity contribution is -0.183. The Morgan fingerprint density at radius 1 is 1.15 bits per heavy atom. The van der Waals surface area contributed by atoms with Crippen molar-refractivity contribution in [1.29, 1.82) is 0 Å². The molecule has 7 heterocycles. The Morgan fingerprint density at radius 2 is 1.88 bits per heavy atom. The van der Waals surface area contributed by atoms with Crippen LogP contribution in [0.2, 0.25) is 0 Å². The van der Waals surface area contributed by atoms with Gasteiger partial charge in [-0.2, -0.15) is 28.4 Å². The molecule has 48 heavy (non-hydrogen) atoms. The predicted octanol–water partition coefficient (Wildman–Crippen LogP) is 3.39. The number of anilines is 1. The molecule has 2 N–H and O–H groups in total. The lowest BCUT2D eigenvalue weighted by Crippen LogP contribution is -2.67. The molecule has 2 amide bonds. The maximum absolute atomic E-state index is 14.2. The van der Waals surface area contributed by atoms with Crippen molar-refractivity contribution in [2.24, 2.45) is 17.8 Å². The number of aryl methyl sites for hydroxylation is 1. The molecular weight excluding hydrogens is 639 g/mol. The van der Waals surface area contributed by atoms with Crippen molar-refractivity contribution in [1.82, 2.24) is 44.9 Å². The first kappa shape index (κ1) is 32.6. The summed E-state index contributed by atoms with van der Waals surface area (Å²) < 4.78 is 72.3. The van der Waals surface area contributed by atoms with Crippen molar-refractivity contribution in [3.05, 3.63) is 35.5 Å². The lowest BCUT2D eigenvalue weighted by Gasteiger charge is -2.55. The Kier molecular flexibility index (Phi) is 8.31. The molecule has 0 spiro atoms. The average Bonchev–Trinajstić information content (AvgIpc) is 3.70. The number of hydrogen-bond donors (Lipinski definition) is 2. The number of nitrogens with one attached hydrogen (secondary N) is 2. The number of piperazine rings is 1. The van der Waals surface area contributed by atoms with E-state index in [0.29, 0.717) is 42.5 Å². The summed E-state index contributed by atoms with van der Waals surface area (Å²) >= 11 is 0. The number of rotatable bonds is 8. The molecule has 260 valence electrons. The summed E-state index contributed by atoms with van der Waals surface area (Å²) in [6.45, 7) is 3.13. The van der Waals surface area contributed by atoms with E-state index in [-0.39, 0.29) is 62.3 Å². The van der Waals surface area contributed by atoms with Crippen LogP contribution < -0.4 is 15.5 Å². The monoisotopic (exact) mass is 678 g/mol. The number of carbonyl (C=O) groups excluding carboxylic acids is 2. The number of amides is 2. The minimum Gasteiger partial charge on any atom is -0.355 e. The number of nitrogens with zero attached hydrogens (tertiary/aromatic N) is 8. The Morgan fingerprint density at radius 3 is 2.54 bits per heavy atom. The lowest BCUT2D eigenvalue weighted by atomic mass is 9.81. The van der Waals surface area contributed by atoms with Crippen molar-refractivity contribution in [3.63, 3.8) is 0 Å². The molecule has 4 saturated heterocycles. The first-order chi connectivity index (χ1) is 22.8. The quantitative estimate of drug-likeness (QED) is 0.348. The molecule has 5 aliphatic rings. The zero-order chi connectivity index (χ0) is 34.0. The predicted molar refractivity (Wildman–Crippen MR) is 162 cm³/mol. The SMILES string of the molecule is CCn1nccc1C(=O)N[C@H](c1cn2nc(C[C@H]3C[C@@H](C(F)(F)F)CNC3=O)c(N3CC4CC(C3)N4C)nc2n1)C1CCC(F)(F)CC1. The smallest absolute Gasteiger partial charge is 0.355 e. The first-order valence-electron chi connectivity index (χ1n) is 16.6. The van der Waals surface area contributed by atoms with E-state index < -0.39 is 48.3 Å². The van der Waals surface area contributed by atoms with Gasteiger partial charge in [-0.25, -0.2) is 18.3 Å². The highest BCUT2D eigenvalue weighted by Crippen LogP contribution is 2.42. The molecule has 2 bridgehead atoms. The van der Waals surface area contributed by atoms with Crippen molar-refractivity contribution in [3.8, 4) is 0 Å². The van der Waals surface area contributed by atoms with Gasteiger partial charge in [0.1, 0.15) is 11.4 Å². The third-order valence-corrected chi connectivity index (χ3v) is 10.7. The molecule has 3 aromatic rings. The molecule has 5 atom stereocenters. The van der Waals surface area contributed by atoms with E-state index in [9.17, 15) is 31.5 Å². The fourth-order valence-electron chi connectivity index (χ4n) is 7.75. The number of halogens is 5. The van der Waals surface area contributed by atoms with Crippen LogP contribution in [-0.2, 0) is 17.8 Å². The Bertz CT molecular complexity index is 1670. The molecule has 2 unspecified atom stereocenters. The van der Waals surface area contributed by atoms with Gasteiger partial charge >= 0.3 is 6.18 Å². The van der Waals surface area contributed by atoms with Gasteiger partial charge in [0.25, 0.3) is 11.7 Å². The second kappa shape index (κ2) is 12.2. The third kappa shape index (κ3) is 6.20. The Balaban J connectivity index is 1.24. The standard InChI is InChI=1S/C31H39F5N10O2/c1-3-45-24(6-9-38-45)28(48)40-25(17-4-7-30(32,33)8-5-17)23-16-46-29(39-23)41-26(44-14-20-12-21(15-44)43(20)2)22(42-46)11-18-10-19(31(34,35)36)13-37-27(18)47/h6,9,16-21,25H,3-5,7-8,10-15H2,1-2H3,(H,37,47)(H,40,48)/t18-,19-,20?,21?,25+/m1/s1. The maximum Gasteiger partial charge on any atom is 0.393 e. The van der Waals surface area contributed by atoms with Crippen molar-refractivity contribution < 1.29 is 31.5 Å². The van der Waals surface area contributed by atoms with Crippen LogP contribution in [0.1, 0.15) is 73.4 Å². The Hall–Kier alpha value is -3.89.